The maximum absolute atomic E-state index is 3.77. The van der Waals surface area contributed by atoms with E-state index in [-0.39, 0.29) is 0 Å². The van der Waals surface area contributed by atoms with Crippen molar-refractivity contribution in [2.75, 3.05) is 0 Å². The Bertz CT molecular complexity index is 165. The van der Waals surface area contributed by atoms with Gasteiger partial charge in [0.15, 0.2) is 0 Å². The lowest BCUT2D eigenvalue weighted by atomic mass is 9.85. The van der Waals surface area contributed by atoms with Crippen LogP contribution >= 0.6 is 0 Å². The molecule has 0 bridgehead atoms. The number of allylic oxidation sites excluding steroid dienone is 1. The molecule has 0 spiro atoms. The van der Waals surface area contributed by atoms with Crippen LogP contribution in [0.1, 0.15) is 52.4 Å². The Kier molecular flexibility index (Phi) is 5.24. The molecule has 1 aliphatic carbocycles. The summed E-state index contributed by atoms with van der Waals surface area (Å²) >= 11 is 0. The first kappa shape index (κ1) is 11.8. The Hall–Kier alpha value is -0.300. The Morgan fingerprint density at radius 1 is 1.43 bits per heavy atom. The van der Waals surface area contributed by atoms with Gasteiger partial charge in [-0.25, -0.2) is 0 Å². The lowest BCUT2D eigenvalue weighted by Crippen LogP contribution is -2.42. The van der Waals surface area contributed by atoms with Crippen molar-refractivity contribution in [1.82, 2.24) is 5.32 Å². The molecule has 0 amide bonds. The van der Waals surface area contributed by atoms with Crippen molar-refractivity contribution in [3.63, 3.8) is 0 Å². The molecule has 3 unspecified atom stereocenters. The lowest BCUT2D eigenvalue weighted by molar-refractivity contribution is 0.259. The van der Waals surface area contributed by atoms with Crippen molar-refractivity contribution in [2.24, 2.45) is 5.92 Å². The van der Waals surface area contributed by atoms with E-state index in [9.17, 15) is 0 Å². The average Bonchev–Trinajstić information content (AvgIpc) is 2.18. The van der Waals surface area contributed by atoms with Gasteiger partial charge in [0.2, 0.25) is 0 Å². The van der Waals surface area contributed by atoms with Crippen LogP contribution < -0.4 is 5.32 Å². The zero-order chi connectivity index (χ0) is 10.4. The van der Waals surface area contributed by atoms with E-state index in [1.807, 2.05) is 6.08 Å². The Labute approximate surface area is 89.0 Å². The van der Waals surface area contributed by atoms with Crippen molar-refractivity contribution in [2.45, 2.75) is 64.5 Å². The van der Waals surface area contributed by atoms with Crippen molar-refractivity contribution in [3.05, 3.63) is 12.7 Å². The molecule has 0 aromatic heterocycles. The third kappa shape index (κ3) is 3.83. The van der Waals surface area contributed by atoms with Gasteiger partial charge in [-0.1, -0.05) is 25.8 Å². The summed E-state index contributed by atoms with van der Waals surface area (Å²) in [6, 6.07) is 1.42. The van der Waals surface area contributed by atoms with E-state index in [1.54, 1.807) is 0 Å². The minimum absolute atomic E-state index is 0.651. The highest BCUT2D eigenvalue weighted by atomic mass is 14.9. The van der Waals surface area contributed by atoms with E-state index < -0.39 is 0 Å². The SMILES string of the molecule is C=CCCC(C)NC1CCCCC1C. The molecule has 0 aromatic carbocycles. The molecule has 82 valence electrons. The van der Waals surface area contributed by atoms with Crippen LogP contribution in [0.25, 0.3) is 0 Å². The van der Waals surface area contributed by atoms with Gasteiger partial charge in [-0.2, -0.15) is 0 Å². The minimum atomic E-state index is 0.651. The van der Waals surface area contributed by atoms with Crippen LogP contribution in [0.15, 0.2) is 12.7 Å². The Morgan fingerprint density at radius 2 is 2.14 bits per heavy atom. The first-order valence-corrected chi connectivity index (χ1v) is 6.11. The fourth-order valence-corrected chi connectivity index (χ4v) is 2.38. The maximum Gasteiger partial charge on any atom is 0.00951 e. The van der Waals surface area contributed by atoms with E-state index in [0.29, 0.717) is 6.04 Å². The second-order valence-electron chi connectivity index (χ2n) is 4.80. The second-order valence-corrected chi connectivity index (χ2v) is 4.80. The molecular weight excluding hydrogens is 170 g/mol. The molecule has 1 saturated carbocycles. The average molecular weight is 195 g/mol. The molecule has 1 aliphatic rings. The number of hydrogen-bond donors (Lipinski definition) is 1. The third-order valence-corrected chi connectivity index (χ3v) is 3.41. The predicted molar refractivity (Wildman–Crippen MR) is 63.4 cm³/mol. The van der Waals surface area contributed by atoms with Gasteiger partial charge < -0.3 is 5.32 Å². The molecule has 0 heterocycles. The molecule has 1 N–H and O–H groups in total. The summed E-state index contributed by atoms with van der Waals surface area (Å²) in [5, 5.41) is 3.76. The molecule has 0 radical (unpaired) electrons. The third-order valence-electron chi connectivity index (χ3n) is 3.41. The van der Waals surface area contributed by atoms with E-state index in [1.165, 1.54) is 32.1 Å². The molecule has 1 heteroatoms. The molecular formula is C13H25N. The van der Waals surface area contributed by atoms with Crippen molar-refractivity contribution in [3.8, 4) is 0 Å². The summed E-state index contributed by atoms with van der Waals surface area (Å²) in [5.74, 6) is 0.870. The highest BCUT2D eigenvalue weighted by Gasteiger charge is 2.21. The first-order chi connectivity index (χ1) is 6.74. The predicted octanol–water partition coefficient (Wildman–Crippen LogP) is 3.51. The van der Waals surface area contributed by atoms with E-state index >= 15 is 0 Å². The molecule has 0 saturated heterocycles. The highest BCUT2D eigenvalue weighted by molar-refractivity contribution is 4.81. The van der Waals surface area contributed by atoms with E-state index in [0.717, 1.165) is 18.4 Å². The van der Waals surface area contributed by atoms with Gasteiger partial charge in [0.1, 0.15) is 0 Å². The smallest absolute Gasteiger partial charge is 0.00951 e. The van der Waals surface area contributed by atoms with Crippen molar-refractivity contribution in [1.29, 1.82) is 0 Å². The molecule has 14 heavy (non-hydrogen) atoms. The largest absolute Gasteiger partial charge is 0.311 e. The van der Waals surface area contributed by atoms with Gasteiger partial charge in [0.05, 0.1) is 0 Å². The standard InChI is InChI=1S/C13H25N/c1-4-5-9-12(3)14-13-10-7-6-8-11(13)2/h4,11-14H,1,5-10H2,2-3H3. The zero-order valence-electron chi connectivity index (χ0n) is 9.76. The Morgan fingerprint density at radius 3 is 2.79 bits per heavy atom. The van der Waals surface area contributed by atoms with Gasteiger partial charge >= 0.3 is 0 Å². The van der Waals surface area contributed by atoms with Gasteiger partial charge in [-0.05, 0) is 38.5 Å². The normalized spacial score (nSPS) is 29.9. The fraction of sp³-hybridized carbons (Fsp3) is 0.846. The summed E-state index contributed by atoms with van der Waals surface area (Å²) in [6.07, 6.45) is 10.0. The minimum Gasteiger partial charge on any atom is -0.311 e. The van der Waals surface area contributed by atoms with Gasteiger partial charge in [-0.3, -0.25) is 0 Å². The maximum atomic E-state index is 3.77. The van der Waals surface area contributed by atoms with Crippen molar-refractivity contribution < 1.29 is 0 Å². The monoisotopic (exact) mass is 195 g/mol. The topological polar surface area (TPSA) is 12.0 Å². The summed E-state index contributed by atoms with van der Waals surface area (Å²) in [7, 11) is 0. The van der Waals surface area contributed by atoms with Gasteiger partial charge in [-0.15, -0.1) is 6.58 Å². The molecule has 0 aromatic rings. The Balaban J connectivity index is 2.23. The van der Waals surface area contributed by atoms with Crippen molar-refractivity contribution >= 4 is 0 Å². The summed E-state index contributed by atoms with van der Waals surface area (Å²) < 4.78 is 0. The van der Waals surface area contributed by atoms with Crippen LogP contribution in [0, 0.1) is 5.92 Å². The number of hydrogen-bond acceptors (Lipinski definition) is 1. The van der Waals surface area contributed by atoms with Gasteiger partial charge in [0, 0.05) is 12.1 Å². The van der Waals surface area contributed by atoms with Crippen LogP contribution in [0.4, 0.5) is 0 Å². The summed E-state index contributed by atoms with van der Waals surface area (Å²) in [6.45, 7) is 8.45. The fourth-order valence-electron chi connectivity index (χ4n) is 2.38. The molecule has 3 atom stereocenters. The second kappa shape index (κ2) is 6.23. The van der Waals surface area contributed by atoms with Crippen LogP contribution in [0.5, 0.6) is 0 Å². The zero-order valence-corrected chi connectivity index (χ0v) is 9.76. The highest BCUT2D eigenvalue weighted by Crippen LogP contribution is 2.24. The summed E-state index contributed by atoms with van der Waals surface area (Å²) in [5.41, 5.74) is 0. The molecule has 1 fully saturated rings. The van der Waals surface area contributed by atoms with E-state index in [4.69, 9.17) is 0 Å². The summed E-state index contributed by atoms with van der Waals surface area (Å²) in [4.78, 5) is 0. The number of nitrogens with one attached hydrogen (secondary N) is 1. The van der Waals surface area contributed by atoms with Crippen LogP contribution in [0.3, 0.4) is 0 Å². The van der Waals surface area contributed by atoms with Gasteiger partial charge in [0.25, 0.3) is 0 Å². The lowest BCUT2D eigenvalue weighted by Gasteiger charge is -2.32. The molecule has 1 rings (SSSR count). The molecule has 0 aliphatic heterocycles. The van der Waals surface area contributed by atoms with Crippen LogP contribution in [-0.2, 0) is 0 Å². The quantitative estimate of drug-likeness (QED) is 0.662. The molecule has 1 nitrogen and oxygen atoms in total. The van der Waals surface area contributed by atoms with Crippen LogP contribution in [0.2, 0.25) is 0 Å². The van der Waals surface area contributed by atoms with E-state index in [2.05, 4.69) is 25.7 Å². The number of rotatable bonds is 5. The first-order valence-electron chi connectivity index (χ1n) is 6.11. The van der Waals surface area contributed by atoms with Crippen LogP contribution in [-0.4, -0.2) is 12.1 Å².